The van der Waals surface area contributed by atoms with Crippen molar-refractivity contribution in [1.82, 2.24) is 19.9 Å². The molecule has 3 N–H and O–H groups in total. The van der Waals surface area contributed by atoms with Gasteiger partial charge in [-0.3, -0.25) is 9.88 Å². The summed E-state index contributed by atoms with van der Waals surface area (Å²) in [5, 5.41) is 0. The lowest BCUT2D eigenvalue weighted by atomic mass is 10.0. The molecule has 2 heterocycles. The van der Waals surface area contributed by atoms with Crippen LogP contribution in [-0.4, -0.2) is 32.9 Å². The number of pyridine rings is 1. The Hall–Kier alpha value is -2.24. The van der Waals surface area contributed by atoms with Crippen molar-refractivity contribution in [3.05, 3.63) is 59.7 Å². The Kier molecular flexibility index (Phi) is 6.36. The molecule has 0 spiro atoms. The number of para-hydroxylation sites is 2. The van der Waals surface area contributed by atoms with Gasteiger partial charge in [0, 0.05) is 12.7 Å². The summed E-state index contributed by atoms with van der Waals surface area (Å²) >= 11 is 0. The van der Waals surface area contributed by atoms with E-state index in [2.05, 4.69) is 40.8 Å². The van der Waals surface area contributed by atoms with Crippen LogP contribution in [0.2, 0.25) is 0 Å². The minimum absolute atomic E-state index is 0.468. The van der Waals surface area contributed by atoms with Crippen molar-refractivity contribution in [3.63, 3.8) is 0 Å². The number of benzene rings is 1. The number of aromatic nitrogens is 3. The first-order chi connectivity index (χ1) is 12.7. The number of aromatic amines is 1. The first-order valence-electron chi connectivity index (χ1n) is 9.47. The normalized spacial score (nSPS) is 11.7. The third kappa shape index (κ3) is 4.68. The second-order valence-electron chi connectivity index (χ2n) is 7.10. The summed E-state index contributed by atoms with van der Waals surface area (Å²) in [6.07, 6.45) is 4.01. The molecular formula is C21H29N5. The van der Waals surface area contributed by atoms with E-state index in [1.54, 1.807) is 0 Å². The molecule has 0 saturated carbocycles. The summed E-state index contributed by atoms with van der Waals surface area (Å²) in [6.45, 7) is 7.78. The van der Waals surface area contributed by atoms with Gasteiger partial charge in [-0.15, -0.1) is 0 Å². The van der Waals surface area contributed by atoms with Crippen LogP contribution in [0, 0.1) is 0 Å². The lowest BCUT2D eigenvalue weighted by molar-refractivity contribution is 0.242. The van der Waals surface area contributed by atoms with Gasteiger partial charge in [0.1, 0.15) is 5.82 Å². The fourth-order valence-corrected chi connectivity index (χ4v) is 3.31. The fourth-order valence-electron chi connectivity index (χ4n) is 3.31. The molecular weight excluding hydrogens is 322 g/mol. The van der Waals surface area contributed by atoms with E-state index < -0.39 is 0 Å². The Bertz CT molecular complexity index is 791. The molecule has 0 bridgehead atoms. The summed E-state index contributed by atoms with van der Waals surface area (Å²) in [6, 6.07) is 12.4. The van der Waals surface area contributed by atoms with E-state index in [0.29, 0.717) is 5.92 Å². The number of nitrogens with zero attached hydrogens (tertiary/aromatic N) is 3. The molecule has 26 heavy (non-hydrogen) atoms. The first-order valence-corrected chi connectivity index (χ1v) is 9.47. The van der Waals surface area contributed by atoms with Gasteiger partial charge in [0.25, 0.3) is 0 Å². The highest BCUT2D eigenvalue weighted by molar-refractivity contribution is 5.74. The molecule has 138 valence electrons. The highest BCUT2D eigenvalue weighted by Gasteiger charge is 2.14. The number of H-pyrrole nitrogens is 1. The standard InChI is InChI=1S/C21H29N5/c1-16(2)17-8-7-12-23-20(17)14-26(13-6-5-11-22)15-21-24-18-9-3-4-10-19(18)25-21/h3-4,7-10,12,16H,5-6,11,13-15,22H2,1-2H3,(H,24,25). The number of fused-ring (bicyclic) bond motifs is 1. The van der Waals surface area contributed by atoms with Crippen LogP contribution < -0.4 is 5.73 Å². The molecule has 0 unspecified atom stereocenters. The SMILES string of the molecule is CC(C)c1cccnc1CN(CCCCN)Cc1nc2ccccc2[nH]1. The molecule has 5 nitrogen and oxygen atoms in total. The number of imidazole rings is 1. The van der Waals surface area contributed by atoms with Crippen LogP contribution in [0.5, 0.6) is 0 Å². The second kappa shape index (κ2) is 8.92. The molecule has 3 rings (SSSR count). The van der Waals surface area contributed by atoms with E-state index >= 15 is 0 Å². The Morgan fingerprint density at radius 3 is 2.69 bits per heavy atom. The van der Waals surface area contributed by atoms with Gasteiger partial charge in [0.2, 0.25) is 0 Å². The summed E-state index contributed by atoms with van der Waals surface area (Å²) in [5.41, 5.74) is 10.3. The maximum Gasteiger partial charge on any atom is 0.121 e. The Morgan fingerprint density at radius 2 is 1.92 bits per heavy atom. The van der Waals surface area contributed by atoms with Crippen LogP contribution in [0.25, 0.3) is 11.0 Å². The smallest absolute Gasteiger partial charge is 0.121 e. The molecule has 0 atom stereocenters. The van der Waals surface area contributed by atoms with Crippen LogP contribution >= 0.6 is 0 Å². The second-order valence-corrected chi connectivity index (χ2v) is 7.10. The molecule has 5 heteroatoms. The molecule has 2 aromatic heterocycles. The minimum Gasteiger partial charge on any atom is -0.341 e. The van der Waals surface area contributed by atoms with E-state index in [-0.39, 0.29) is 0 Å². The van der Waals surface area contributed by atoms with Gasteiger partial charge in [0.15, 0.2) is 0 Å². The van der Waals surface area contributed by atoms with Gasteiger partial charge in [-0.2, -0.15) is 0 Å². The van der Waals surface area contributed by atoms with E-state index in [9.17, 15) is 0 Å². The van der Waals surface area contributed by atoms with Gasteiger partial charge in [-0.25, -0.2) is 4.98 Å². The van der Waals surface area contributed by atoms with Gasteiger partial charge in [0.05, 0.1) is 23.3 Å². The zero-order valence-electron chi connectivity index (χ0n) is 15.8. The van der Waals surface area contributed by atoms with Crippen LogP contribution in [0.3, 0.4) is 0 Å². The molecule has 0 amide bonds. The van der Waals surface area contributed by atoms with Crippen LogP contribution in [0.4, 0.5) is 0 Å². The van der Waals surface area contributed by atoms with Crippen LogP contribution in [-0.2, 0) is 13.1 Å². The number of rotatable bonds is 9. The third-order valence-corrected chi connectivity index (χ3v) is 4.66. The number of hydrogen-bond acceptors (Lipinski definition) is 4. The molecule has 0 fully saturated rings. The summed E-state index contributed by atoms with van der Waals surface area (Å²) in [4.78, 5) is 15.3. The van der Waals surface area contributed by atoms with E-state index in [1.165, 1.54) is 5.56 Å². The molecule has 3 aromatic rings. The topological polar surface area (TPSA) is 70.8 Å². The Balaban J connectivity index is 1.78. The molecule has 0 aliphatic heterocycles. The quantitative estimate of drug-likeness (QED) is 0.575. The van der Waals surface area contributed by atoms with Crippen molar-refractivity contribution in [2.45, 2.75) is 45.7 Å². The molecule has 0 aliphatic rings. The minimum atomic E-state index is 0.468. The summed E-state index contributed by atoms with van der Waals surface area (Å²) in [5.74, 6) is 1.47. The maximum atomic E-state index is 5.69. The molecule has 0 radical (unpaired) electrons. The van der Waals surface area contributed by atoms with Crippen molar-refractivity contribution in [3.8, 4) is 0 Å². The average molecular weight is 351 g/mol. The van der Waals surface area contributed by atoms with Crippen LogP contribution in [0.15, 0.2) is 42.6 Å². The number of nitrogens with one attached hydrogen (secondary N) is 1. The zero-order chi connectivity index (χ0) is 18.4. The lowest BCUT2D eigenvalue weighted by Gasteiger charge is -2.23. The largest absolute Gasteiger partial charge is 0.341 e. The van der Waals surface area contributed by atoms with Gasteiger partial charge >= 0.3 is 0 Å². The van der Waals surface area contributed by atoms with Crippen molar-refractivity contribution in [2.24, 2.45) is 5.73 Å². The first kappa shape index (κ1) is 18.5. The zero-order valence-corrected chi connectivity index (χ0v) is 15.8. The fraction of sp³-hybridized carbons (Fsp3) is 0.429. The molecule has 0 saturated heterocycles. The van der Waals surface area contributed by atoms with E-state index in [0.717, 1.165) is 61.6 Å². The number of hydrogen-bond donors (Lipinski definition) is 2. The van der Waals surface area contributed by atoms with Crippen molar-refractivity contribution in [1.29, 1.82) is 0 Å². The Labute approximate surface area is 155 Å². The highest BCUT2D eigenvalue weighted by atomic mass is 15.2. The predicted molar refractivity (Wildman–Crippen MR) is 107 cm³/mol. The highest BCUT2D eigenvalue weighted by Crippen LogP contribution is 2.20. The summed E-state index contributed by atoms with van der Waals surface area (Å²) in [7, 11) is 0. The van der Waals surface area contributed by atoms with Crippen molar-refractivity contribution >= 4 is 11.0 Å². The summed E-state index contributed by atoms with van der Waals surface area (Å²) < 4.78 is 0. The van der Waals surface area contributed by atoms with Gasteiger partial charge in [-0.1, -0.05) is 32.0 Å². The molecule has 1 aromatic carbocycles. The molecule has 0 aliphatic carbocycles. The predicted octanol–water partition coefficient (Wildman–Crippen LogP) is 3.82. The maximum absolute atomic E-state index is 5.69. The van der Waals surface area contributed by atoms with Crippen LogP contribution in [0.1, 0.15) is 49.7 Å². The number of nitrogens with two attached hydrogens (primary N) is 1. The lowest BCUT2D eigenvalue weighted by Crippen LogP contribution is -2.26. The van der Waals surface area contributed by atoms with Crippen molar-refractivity contribution < 1.29 is 0 Å². The van der Waals surface area contributed by atoms with E-state index in [1.807, 2.05) is 30.5 Å². The third-order valence-electron chi connectivity index (χ3n) is 4.66. The number of unbranched alkanes of at least 4 members (excludes halogenated alkanes) is 1. The van der Waals surface area contributed by atoms with E-state index in [4.69, 9.17) is 10.7 Å². The van der Waals surface area contributed by atoms with Crippen molar-refractivity contribution in [2.75, 3.05) is 13.1 Å². The average Bonchev–Trinajstić information content (AvgIpc) is 3.04. The van der Waals surface area contributed by atoms with Gasteiger partial charge < -0.3 is 10.7 Å². The van der Waals surface area contributed by atoms with Gasteiger partial charge in [-0.05, 0) is 55.6 Å². The monoisotopic (exact) mass is 351 g/mol. The Morgan fingerprint density at radius 1 is 1.08 bits per heavy atom.